The molecule has 2 N–H and O–H groups in total. The third kappa shape index (κ3) is 3.16. The van der Waals surface area contributed by atoms with Crippen molar-refractivity contribution >= 4 is 5.95 Å². The van der Waals surface area contributed by atoms with Gasteiger partial charge in [-0.25, -0.2) is 9.97 Å². The summed E-state index contributed by atoms with van der Waals surface area (Å²) in [6.07, 6.45) is 5.55. The van der Waals surface area contributed by atoms with Gasteiger partial charge in [-0.05, 0) is 38.8 Å². The molecule has 1 aromatic rings. The maximum absolute atomic E-state index is 4.29. The van der Waals surface area contributed by atoms with Crippen molar-refractivity contribution in [3.8, 4) is 0 Å². The number of nitrogens with zero attached hydrogens (tertiary/aromatic N) is 2. The van der Waals surface area contributed by atoms with Crippen LogP contribution in [0.15, 0.2) is 12.3 Å². The molecule has 0 spiro atoms. The molecule has 1 atom stereocenters. The van der Waals surface area contributed by atoms with E-state index in [2.05, 4.69) is 20.6 Å². The van der Waals surface area contributed by atoms with Gasteiger partial charge in [0.15, 0.2) is 0 Å². The lowest BCUT2D eigenvalue weighted by atomic mass is 10.1. The fourth-order valence-electron chi connectivity index (χ4n) is 1.90. The van der Waals surface area contributed by atoms with Crippen LogP contribution in [0.4, 0.5) is 5.95 Å². The predicted octanol–water partition coefficient (Wildman–Crippen LogP) is 1.34. The Morgan fingerprint density at radius 2 is 2.53 bits per heavy atom. The summed E-state index contributed by atoms with van der Waals surface area (Å²) in [5.41, 5.74) is 1.01. The van der Waals surface area contributed by atoms with Crippen LogP contribution in [0.5, 0.6) is 0 Å². The minimum atomic E-state index is 0.683. The Balaban J connectivity index is 1.73. The van der Waals surface area contributed by atoms with Crippen molar-refractivity contribution in [2.24, 2.45) is 0 Å². The van der Waals surface area contributed by atoms with Crippen molar-refractivity contribution in [3.63, 3.8) is 0 Å². The van der Waals surface area contributed by atoms with Crippen LogP contribution in [-0.2, 0) is 0 Å². The number of rotatable bonds is 4. The lowest BCUT2D eigenvalue weighted by molar-refractivity contribution is 0.573. The zero-order valence-electron chi connectivity index (χ0n) is 9.16. The van der Waals surface area contributed by atoms with Crippen LogP contribution in [0.3, 0.4) is 0 Å². The molecular formula is C11H18N4. The van der Waals surface area contributed by atoms with Crippen LogP contribution in [0.2, 0.25) is 0 Å². The standard InChI is InChI=1S/C11H18N4/c1-9-4-7-13-11(15-9)14-8-5-10-3-2-6-12-10/h4,7,10,12H,2-3,5-6,8H2,1H3,(H,13,14,15)/t10-/m1/s1. The fraction of sp³-hybridized carbons (Fsp3) is 0.636. The monoisotopic (exact) mass is 206 g/mol. The minimum Gasteiger partial charge on any atom is -0.354 e. The lowest BCUT2D eigenvalue weighted by Gasteiger charge is -2.10. The summed E-state index contributed by atoms with van der Waals surface area (Å²) in [5.74, 6) is 0.744. The van der Waals surface area contributed by atoms with Gasteiger partial charge in [0.1, 0.15) is 0 Å². The summed E-state index contributed by atoms with van der Waals surface area (Å²) >= 11 is 0. The summed E-state index contributed by atoms with van der Waals surface area (Å²) in [5, 5.41) is 6.72. The number of aryl methyl sites for hydroxylation is 1. The molecule has 15 heavy (non-hydrogen) atoms. The molecule has 0 unspecified atom stereocenters. The Bertz CT molecular complexity index is 307. The molecule has 0 amide bonds. The van der Waals surface area contributed by atoms with E-state index in [9.17, 15) is 0 Å². The molecule has 0 radical (unpaired) electrons. The van der Waals surface area contributed by atoms with Gasteiger partial charge in [-0.2, -0.15) is 0 Å². The first-order chi connectivity index (χ1) is 7.34. The Morgan fingerprint density at radius 1 is 1.60 bits per heavy atom. The van der Waals surface area contributed by atoms with E-state index in [1.54, 1.807) is 6.20 Å². The Hall–Kier alpha value is -1.16. The zero-order valence-corrected chi connectivity index (χ0v) is 9.16. The van der Waals surface area contributed by atoms with Crippen LogP contribution in [-0.4, -0.2) is 29.1 Å². The van der Waals surface area contributed by atoms with Gasteiger partial charge in [0, 0.05) is 24.5 Å². The van der Waals surface area contributed by atoms with E-state index in [-0.39, 0.29) is 0 Å². The van der Waals surface area contributed by atoms with Crippen LogP contribution < -0.4 is 10.6 Å². The first-order valence-electron chi connectivity index (χ1n) is 5.61. The lowest BCUT2D eigenvalue weighted by Crippen LogP contribution is -2.24. The van der Waals surface area contributed by atoms with Crippen molar-refractivity contribution in [3.05, 3.63) is 18.0 Å². The van der Waals surface area contributed by atoms with Gasteiger partial charge in [-0.1, -0.05) is 0 Å². The van der Waals surface area contributed by atoms with Crippen molar-refractivity contribution in [2.45, 2.75) is 32.2 Å². The maximum atomic E-state index is 4.29. The van der Waals surface area contributed by atoms with E-state index in [0.29, 0.717) is 6.04 Å². The van der Waals surface area contributed by atoms with Gasteiger partial charge in [-0.15, -0.1) is 0 Å². The summed E-state index contributed by atoms with van der Waals surface area (Å²) < 4.78 is 0. The molecule has 2 rings (SSSR count). The van der Waals surface area contributed by atoms with Gasteiger partial charge < -0.3 is 10.6 Å². The Morgan fingerprint density at radius 3 is 3.27 bits per heavy atom. The number of hydrogen-bond donors (Lipinski definition) is 2. The molecule has 4 heteroatoms. The Kier molecular flexibility index (Phi) is 3.50. The topological polar surface area (TPSA) is 49.8 Å². The number of anilines is 1. The zero-order chi connectivity index (χ0) is 10.5. The molecule has 2 heterocycles. The summed E-state index contributed by atoms with van der Waals surface area (Å²) in [6.45, 7) is 4.10. The second-order valence-corrected chi connectivity index (χ2v) is 4.03. The van der Waals surface area contributed by atoms with Gasteiger partial charge in [0.05, 0.1) is 0 Å². The molecule has 0 bridgehead atoms. The van der Waals surface area contributed by atoms with E-state index in [1.807, 2.05) is 13.0 Å². The van der Waals surface area contributed by atoms with Gasteiger partial charge in [-0.3, -0.25) is 0 Å². The van der Waals surface area contributed by atoms with E-state index < -0.39 is 0 Å². The highest BCUT2D eigenvalue weighted by Gasteiger charge is 2.12. The van der Waals surface area contributed by atoms with Crippen molar-refractivity contribution < 1.29 is 0 Å². The van der Waals surface area contributed by atoms with Gasteiger partial charge in [0.25, 0.3) is 0 Å². The van der Waals surface area contributed by atoms with Crippen LogP contribution >= 0.6 is 0 Å². The first-order valence-corrected chi connectivity index (χ1v) is 5.61. The third-order valence-corrected chi connectivity index (χ3v) is 2.73. The fourth-order valence-corrected chi connectivity index (χ4v) is 1.90. The average Bonchev–Trinajstić information content (AvgIpc) is 2.71. The minimum absolute atomic E-state index is 0.683. The molecular weight excluding hydrogens is 188 g/mol. The van der Waals surface area contributed by atoms with E-state index in [4.69, 9.17) is 0 Å². The molecule has 0 saturated carbocycles. The molecule has 1 saturated heterocycles. The van der Waals surface area contributed by atoms with Gasteiger partial charge in [0.2, 0.25) is 5.95 Å². The van der Waals surface area contributed by atoms with Crippen LogP contribution in [0, 0.1) is 6.92 Å². The van der Waals surface area contributed by atoms with E-state index in [0.717, 1.165) is 24.6 Å². The van der Waals surface area contributed by atoms with Crippen molar-refractivity contribution in [1.82, 2.24) is 15.3 Å². The van der Waals surface area contributed by atoms with Crippen molar-refractivity contribution in [2.75, 3.05) is 18.4 Å². The van der Waals surface area contributed by atoms with Gasteiger partial charge >= 0.3 is 0 Å². The number of hydrogen-bond acceptors (Lipinski definition) is 4. The quantitative estimate of drug-likeness (QED) is 0.780. The highest BCUT2D eigenvalue weighted by atomic mass is 15.1. The maximum Gasteiger partial charge on any atom is 0.222 e. The summed E-state index contributed by atoms with van der Waals surface area (Å²) in [4.78, 5) is 8.46. The molecule has 82 valence electrons. The molecule has 1 aliphatic heterocycles. The molecule has 0 aromatic carbocycles. The number of nitrogens with one attached hydrogen (secondary N) is 2. The van der Waals surface area contributed by atoms with Crippen molar-refractivity contribution in [1.29, 1.82) is 0 Å². The summed E-state index contributed by atoms with van der Waals surface area (Å²) in [7, 11) is 0. The molecule has 4 nitrogen and oxygen atoms in total. The molecule has 0 aliphatic carbocycles. The Labute approximate surface area is 90.5 Å². The second-order valence-electron chi connectivity index (χ2n) is 4.03. The smallest absolute Gasteiger partial charge is 0.222 e. The van der Waals surface area contributed by atoms with Crippen LogP contribution in [0.25, 0.3) is 0 Å². The SMILES string of the molecule is Cc1ccnc(NCC[C@H]2CCCN2)n1. The highest BCUT2D eigenvalue weighted by Crippen LogP contribution is 2.08. The first kappa shape index (κ1) is 10.4. The van der Waals surface area contributed by atoms with E-state index >= 15 is 0 Å². The second kappa shape index (κ2) is 5.07. The van der Waals surface area contributed by atoms with E-state index in [1.165, 1.54) is 19.4 Å². The summed E-state index contributed by atoms with van der Waals surface area (Å²) in [6, 6.07) is 2.59. The molecule has 1 aromatic heterocycles. The largest absolute Gasteiger partial charge is 0.354 e. The predicted molar refractivity (Wildman–Crippen MR) is 60.9 cm³/mol. The normalized spacial score (nSPS) is 20.5. The molecule has 1 aliphatic rings. The average molecular weight is 206 g/mol. The number of aromatic nitrogens is 2. The molecule has 1 fully saturated rings. The highest BCUT2D eigenvalue weighted by molar-refractivity contribution is 5.24. The van der Waals surface area contributed by atoms with Crippen LogP contribution in [0.1, 0.15) is 25.0 Å². The third-order valence-electron chi connectivity index (χ3n) is 2.73.